The molecule has 3 aromatic rings. The first-order valence-corrected chi connectivity index (χ1v) is 9.99. The van der Waals surface area contributed by atoms with Gasteiger partial charge >= 0.3 is 0 Å². The van der Waals surface area contributed by atoms with E-state index in [4.69, 9.17) is 11.6 Å². The molecule has 0 atom stereocenters. The van der Waals surface area contributed by atoms with Crippen molar-refractivity contribution in [3.8, 4) is 0 Å². The molecule has 124 valence electrons. The maximum absolute atomic E-state index is 12.4. The Morgan fingerprint density at radius 3 is 2.58 bits per heavy atom. The van der Waals surface area contributed by atoms with Crippen LogP contribution in [0.2, 0.25) is 5.02 Å². The van der Waals surface area contributed by atoms with E-state index in [0.29, 0.717) is 4.80 Å². The molecular formula is C16H13ClN2O3S2. The molecule has 8 heteroatoms. The molecule has 24 heavy (non-hydrogen) atoms. The topological polar surface area (TPSA) is 68.5 Å². The fourth-order valence-corrected chi connectivity index (χ4v) is 4.58. The van der Waals surface area contributed by atoms with E-state index in [1.54, 1.807) is 0 Å². The average molecular weight is 381 g/mol. The molecule has 1 aromatic heterocycles. The van der Waals surface area contributed by atoms with Crippen molar-refractivity contribution in [1.82, 2.24) is 4.57 Å². The van der Waals surface area contributed by atoms with Crippen molar-refractivity contribution in [3.63, 3.8) is 0 Å². The number of hydrogen-bond acceptors (Lipinski definition) is 4. The van der Waals surface area contributed by atoms with Crippen LogP contribution in [-0.2, 0) is 16.9 Å². The van der Waals surface area contributed by atoms with Crippen molar-refractivity contribution in [1.29, 1.82) is 0 Å². The van der Waals surface area contributed by atoms with Gasteiger partial charge in [-0.2, -0.15) is 4.99 Å². The van der Waals surface area contributed by atoms with Gasteiger partial charge in [0.2, 0.25) is 0 Å². The summed E-state index contributed by atoms with van der Waals surface area (Å²) < 4.78 is 26.3. The Balaban J connectivity index is 2.11. The van der Waals surface area contributed by atoms with E-state index in [9.17, 15) is 13.2 Å². The van der Waals surface area contributed by atoms with Crippen LogP contribution in [0, 0.1) is 0 Å². The second kappa shape index (κ2) is 6.16. The average Bonchev–Trinajstić information content (AvgIpc) is 2.83. The summed E-state index contributed by atoms with van der Waals surface area (Å²) in [6, 6.07) is 11.9. The van der Waals surface area contributed by atoms with Gasteiger partial charge in [0, 0.05) is 18.9 Å². The standard InChI is InChI=1S/C16H13ClN2O3S2/c1-19-12-5-3-4-6-13(12)23-16(19)18-15(20)10-7-8-11(17)14(9-10)24(2,21)22/h3-9H,1-2H3. The zero-order valence-electron chi connectivity index (χ0n) is 12.9. The highest BCUT2D eigenvalue weighted by atomic mass is 35.5. The Hall–Kier alpha value is -1.96. The summed E-state index contributed by atoms with van der Waals surface area (Å²) in [5, 5.41) is 0.0847. The van der Waals surface area contributed by atoms with Gasteiger partial charge in [0.1, 0.15) is 0 Å². The number of rotatable bonds is 2. The van der Waals surface area contributed by atoms with Crippen LogP contribution in [0.1, 0.15) is 10.4 Å². The van der Waals surface area contributed by atoms with Crippen molar-refractivity contribution >= 4 is 48.9 Å². The van der Waals surface area contributed by atoms with Crippen LogP contribution in [-0.4, -0.2) is 25.1 Å². The van der Waals surface area contributed by atoms with Crippen LogP contribution < -0.4 is 4.80 Å². The number of carbonyl (C=O) groups is 1. The molecule has 0 aliphatic heterocycles. The molecule has 2 aromatic carbocycles. The molecule has 3 rings (SSSR count). The summed E-state index contributed by atoms with van der Waals surface area (Å²) >= 11 is 7.29. The molecule has 0 aliphatic carbocycles. The molecular weight excluding hydrogens is 368 g/mol. The largest absolute Gasteiger partial charge is 0.319 e. The highest BCUT2D eigenvalue weighted by Crippen LogP contribution is 2.23. The lowest BCUT2D eigenvalue weighted by Gasteiger charge is -2.03. The smallest absolute Gasteiger partial charge is 0.279 e. The minimum absolute atomic E-state index is 0.0778. The van der Waals surface area contributed by atoms with Crippen molar-refractivity contribution in [2.24, 2.45) is 12.0 Å². The third kappa shape index (κ3) is 3.15. The molecule has 1 heterocycles. The van der Waals surface area contributed by atoms with Gasteiger partial charge in [0.15, 0.2) is 14.6 Å². The fourth-order valence-electron chi connectivity index (χ4n) is 2.26. The van der Waals surface area contributed by atoms with E-state index in [0.717, 1.165) is 16.5 Å². The number of sulfone groups is 1. The molecule has 0 saturated heterocycles. The first-order valence-electron chi connectivity index (χ1n) is 6.90. The number of halogens is 1. The maximum atomic E-state index is 12.4. The minimum Gasteiger partial charge on any atom is -0.319 e. The van der Waals surface area contributed by atoms with Crippen LogP contribution >= 0.6 is 22.9 Å². The number of thiazole rings is 1. The van der Waals surface area contributed by atoms with Gasteiger partial charge in [-0.15, -0.1) is 0 Å². The number of aromatic nitrogens is 1. The van der Waals surface area contributed by atoms with Gasteiger partial charge in [0.05, 0.1) is 20.1 Å². The minimum atomic E-state index is -3.52. The first-order chi connectivity index (χ1) is 11.3. The van der Waals surface area contributed by atoms with Gasteiger partial charge in [-0.25, -0.2) is 8.42 Å². The molecule has 0 bridgehead atoms. The second-order valence-corrected chi connectivity index (χ2v) is 8.65. The Morgan fingerprint density at radius 2 is 1.92 bits per heavy atom. The summed E-state index contributed by atoms with van der Waals surface area (Å²) in [5.41, 5.74) is 1.15. The van der Waals surface area contributed by atoms with Gasteiger partial charge in [-0.05, 0) is 30.3 Å². The summed E-state index contributed by atoms with van der Waals surface area (Å²) in [4.78, 5) is 17.0. The van der Waals surface area contributed by atoms with Gasteiger partial charge in [-0.1, -0.05) is 35.1 Å². The van der Waals surface area contributed by atoms with Crippen LogP contribution in [0.3, 0.4) is 0 Å². The molecule has 5 nitrogen and oxygen atoms in total. The fraction of sp³-hybridized carbons (Fsp3) is 0.125. The Kier molecular flexibility index (Phi) is 4.33. The quantitative estimate of drug-likeness (QED) is 0.686. The summed E-state index contributed by atoms with van der Waals surface area (Å²) in [6.45, 7) is 0. The number of para-hydroxylation sites is 1. The summed E-state index contributed by atoms with van der Waals surface area (Å²) in [7, 11) is -1.69. The summed E-state index contributed by atoms with van der Waals surface area (Å²) in [6.07, 6.45) is 1.05. The van der Waals surface area contributed by atoms with Gasteiger partial charge in [-0.3, -0.25) is 4.79 Å². The molecule has 0 unspecified atom stereocenters. The number of hydrogen-bond donors (Lipinski definition) is 0. The molecule has 0 fully saturated rings. The Morgan fingerprint density at radius 1 is 1.21 bits per heavy atom. The number of benzene rings is 2. The van der Waals surface area contributed by atoms with E-state index in [1.807, 2.05) is 35.9 Å². The molecule has 1 amide bonds. The summed E-state index contributed by atoms with van der Waals surface area (Å²) in [5.74, 6) is -0.515. The van der Waals surface area contributed by atoms with E-state index >= 15 is 0 Å². The molecule has 0 saturated carbocycles. The number of aryl methyl sites for hydroxylation is 1. The van der Waals surface area contributed by atoms with E-state index in [1.165, 1.54) is 29.5 Å². The normalized spacial score (nSPS) is 12.7. The Bertz CT molecular complexity index is 1130. The molecule has 0 spiro atoms. The van der Waals surface area contributed by atoms with E-state index < -0.39 is 15.7 Å². The van der Waals surface area contributed by atoms with Crippen molar-refractivity contribution in [3.05, 3.63) is 57.9 Å². The first kappa shape index (κ1) is 16.9. The molecule has 0 N–H and O–H groups in total. The predicted octanol–water partition coefficient (Wildman–Crippen LogP) is 3.04. The molecule has 0 aliphatic rings. The highest BCUT2D eigenvalue weighted by molar-refractivity contribution is 7.90. The van der Waals surface area contributed by atoms with Crippen LogP contribution in [0.5, 0.6) is 0 Å². The zero-order chi connectivity index (χ0) is 17.5. The maximum Gasteiger partial charge on any atom is 0.279 e. The van der Waals surface area contributed by atoms with Crippen LogP contribution in [0.25, 0.3) is 10.2 Å². The molecule has 0 radical (unpaired) electrons. The lowest BCUT2D eigenvalue weighted by atomic mass is 10.2. The number of amides is 1. The van der Waals surface area contributed by atoms with Crippen LogP contribution in [0.15, 0.2) is 52.4 Å². The van der Waals surface area contributed by atoms with E-state index in [-0.39, 0.29) is 15.5 Å². The number of fused-ring (bicyclic) bond motifs is 1. The SMILES string of the molecule is Cn1c(=NC(=O)c2ccc(Cl)c(S(C)(=O)=O)c2)sc2ccccc21. The third-order valence-electron chi connectivity index (χ3n) is 3.49. The van der Waals surface area contributed by atoms with Crippen molar-refractivity contribution in [2.45, 2.75) is 4.90 Å². The van der Waals surface area contributed by atoms with E-state index in [2.05, 4.69) is 4.99 Å². The van der Waals surface area contributed by atoms with Gasteiger partial charge < -0.3 is 4.57 Å². The highest BCUT2D eigenvalue weighted by Gasteiger charge is 2.16. The second-order valence-electron chi connectivity index (χ2n) is 5.25. The lowest BCUT2D eigenvalue weighted by Crippen LogP contribution is -2.13. The monoisotopic (exact) mass is 380 g/mol. The van der Waals surface area contributed by atoms with Gasteiger partial charge in [0.25, 0.3) is 5.91 Å². The zero-order valence-corrected chi connectivity index (χ0v) is 15.2. The number of carbonyl (C=O) groups excluding carboxylic acids is 1. The predicted molar refractivity (Wildman–Crippen MR) is 95.3 cm³/mol. The third-order valence-corrected chi connectivity index (χ3v) is 6.18. The van der Waals surface area contributed by atoms with Crippen molar-refractivity contribution < 1.29 is 13.2 Å². The number of nitrogens with zero attached hydrogens (tertiary/aromatic N) is 2. The lowest BCUT2D eigenvalue weighted by molar-refractivity contribution is 0.0997. The van der Waals surface area contributed by atoms with Crippen LogP contribution in [0.4, 0.5) is 0 Å². The van der Waals surface area contributed by atoms with Crippen molar-refractivity contribution in [2.75, 3.05) is 6.26 Å². The Labute approximate surface area is 147 Å².